The number of carbonyl (C=O) groups excluding carboxylic acids is 1. The van der Waals surface area contributed by atoms with Crippen molar-refractivity contribution in [1.29, 1.82) is 0 Å². The van der Waals surface area contributed by atoms with Crippen molar-refractivity contribution < 1.29 is 14.3 Å². The van der Waals surface area contributed by atoms with Crippen LogP contribution in [0.25, 0.3) is 0 Å². The van der Waals surface area contributed by atoms with Gasteiger partial charge in [-0.1, -0.05) is 0 Å². The van der Waals surface area contributed by atoms with E-state index in [2.05, 4.69) is 9.97 Å². The summed E-state index contributed by atoms with van der Waals surface area (Å²) in [4.78, 5) is 20.7. The van der Waals surface area contributed by atoms with Crippen LogP contribution in [0.3, 0.4) is 0 Å². The number of aromatic nitrogens is 2. The average molecular weight is 268 g/mol. The van der Waals surface area contributed by atoms with Gasteiger partial charge in [-0.3, -0.25) is 4.90 Å². The Morgan fingerprint density at radius 3 is 2.95 bits per heavy atom. The molecule has 7 heteroatoms. The van der Waals surface area contributed by atoms with Crippen LogP contribution in [0.2, 0.25) is 0 Å². The predicted octanol–water partition coefficient (Wildman–Crippen LogP) is 1.30. The fourth-order valence-electron chi connectivity index (χ4n) is 1.92. The van der Waals surface area contributed by atoms with Gasteiger partial charge in [-0.2, -0.15) is 0 Å². The van der Waals surface area contributed by atoms with Crippen LogP contribution in [0.1, 0.15) is 32.5 Å². The molecule has 1 aliphatic heterocycles. The normalized spacial score (nSPS) is 20.4. The molecule has 1 aliphatic rings. The Morgan fingerprint density at radius 1 is 1.63 bits per heavy atom. The minimum atomic E-state index is -0.521. The number of rotatable bonds is 1. The van der Waals surface area contributed by atoms with Crippen LogP contribution in [-0.4, -0.2) is 46.3 Å². The Kier molecular flexibility index (Phi) is 3.66. The predicted molar refractivity (Wildman–Crippen MR) is 69.5 cm³/mol. The van der Waals surface area contributed by atoms with Crippen LogP contribution in [-0.2, 0) is 9.47 Å². The number of nitrogens with two attached hydrogens (primary N) is 1. The van der Waals surface area contributed by atoms with Gasteiger partial charge in [0.2, 0.25) is 0 Å². The molecule has 0 spiro atoms. The molecule has 2 rings (SSSR count). The standard InChI is InChI=1S/C12H20N4O3/c1-12(2,3)19-11(17)16-4-5-18-7-9(16)8-6-14-10(13)15-8/h6,9H,4-5,7H2,1-3H3,(H3,13,14,15). The number of anilines is 1. The number of nitrogens with one attached hydrogen (secondary N) is 1. The number of ether oxygens (including phenoxy) is 2. The topological polar surface area (TPSA) is 93.5 Å². The van der Waals surface area contributed by atoms with E-state index >= 15 is 0 Å². The first-order chi connectivity index (χ1) is 8.87. The van der Waals surface area contributed by atoms with Crippen molar-refractivity contribution in [2.24, 2.45) is 0 Å². The largest absolute Gasteiger partial charge is 0.444 e. The van der Waals surface area contributed by atoms with Crippen LogP contribution in [0, 0.1) is 0 Å². The molecule has 3 N–H and O–H groups in total. The zero-order valence-electron chi connectivity index (χ0n) is 11.5. The highest BCUT2D eigenvalue weighted by molar-refractivity contribution is 5.69. The lowest BCUT2D eigenvalue weighted by atomic mass is 10.2. The highest BCUT2D eigenvalue weighted by Gasteiger charge is 2.32. The summed E-state index contributed by atoms with van der Waals surface area (Å²) in [6.07, 6.45) is 1.26. The molecule has 0 radical (unpaired) electrons. The summed E-state index contributed by atoms with van der Waals surface area (Å²) in [6.45, 7) is 6.91. The molecule has 0 saturated carbocycles. The molecule has 0 aromatic carbocycles. The van der Waals surface area contributed by atoms with Gasteiger partial charge in [-0.05, 0) is 20.8 Å². The molecule has 1 aromatic rings. The number of nitrogen functional groups attached to an aromatic ring is 1. The third-order valence-electron chi connectivity index (χ3n) is 2.73. The average Bonchev–Trinajstić information content (AvgIpc) is 2.73. The Morgan fingerprint density at radius 2 is 2.37 bits per heavy atom. The minimum Gasteiger partial charge on any atom is -0.444 e. The van der Waals surface area contributed by atoms with E-state index in [9.17, 15) is 4.79 Å². The van der Waals surface area contributed by atoms with Gasteiger partial charge in [0.25, 0.3) is 0 Å². The molecule has 1 atom stereocenters. The molecule has 19 heavy (non-hydrogen) atoms. The van der Waals surface area contributed by atoms with E-state index < -0.39 is 5.60 Å². The first-order valence-corrected chi connectivity index (χ1v) is 6.24. The van der Waals surface area contributed by atoms with Crippen LogP contribution in [0.15, 0.2) is 6.20 Å². The second-order valence-corrected chi connectivity index (χ2v) is 5.49. The maximum atomic E-state index is 12.2. The molecule has 106 valence electrons. The second kappa shape index (κ2) is 5.08. The number of morpholine rings is 1. The highest BCUT2D eigenvalue weighted by atomic mass is 16.6. The fraction of sp³-hybridized carbons (Fsp3) is 0.667. The van der Waals surface area contributed by atoms with Crippen molar-refractivity contribution in [2.45, 2.75) is 32.4 Å². The van der Waals surface area contributed by atoms with Crippen molar-refractivity contribution in [2.75, 3.05) is 25.5 Å². The summed E-state index contributed by atoms with van der Waals surface area (Å²) in [5.41, 5.74) is 5.80. The van der Waals surface area contributed by atoms with Gasteiger partial charge in [0.05, 0.1) is 25.1 Å². The van der Waals surface area contributed by atoms with Crippen molar-refractivity contribution in [3.8, 4) is 0 Å². The lowest BCUT2D eigenvalue weighted by Gasteiger charge is -2.35. The van der Waals surface area contributed by atoms with E-state index in [4.69, 9.17) is 15.2 Å². The lowest BCUT2D eigenvalue weighted by molar-refractivity contribution is -0.0339. The van der Waals surface area contributed by atoms with Crippen molar-refractivity contribution >= 4 is 12.0 Å². The molecule has 1 amide bonds. The first kappa shape index (κ1) is 13.7. The molecule has 2 heterocycles. The van der Waals surface area contributed by atoms with E-state index in [-0.39, 0.29) is 12.1 Å². The van der Waals surface area contributed by atoms with Gasteiger partial charge < -0.3 is 20.2 Å². The molecule has 1 unspecified atom stereocenters. The molecule has 1 fully saturated rings. The number of nitrogens with zero attached hydrogens (tertiary/aromatic N) is 2. The molecule has 7 nitrogen and oxygen atoms in total. The Bertz CT molecular complexity index is 452. The third-order valence-corrected chi connectivity index (χ3v) is 2.73. The number of carbonyl (C=O) groups is 1. The Balaban J connectivity index is 2.14. The van der Waals surface area contributed by atoms with Gasteiger partial charge in [0, 0.05) is 6.54 Å². The SMILES string of the molecule is CC(C)(C)OC(=O)N1CCOCC1c1cnc(N)[nH]1. The first-order valence-electron chi connectivity index (χ1n) is 6.24. The monoisotopic (exact) mass is 268 g/mol. The van der Waals surface area contributed by atoms with Crippen molar-refractivity contribution in [1.82, 2.24) is 14.9 Å². The maximum absolute atomic E-state index is 12.2. The fourth-order valence-corrected chi connectivity index (χ4v) is 1.92. The van der Waals surface area contributed by atoms with Gasteiger partial charge in [-0.25, -0.2) is 9.78 Å². The van der Waals surface area contributed by atoms with Gasteiger partial charge in [0.15, 0.2) is 5.95 Å². The third kappa shape index (κ3) is 3.37. The molecule has 1 aromatic heterocycles. The van der Waals surface area contributed by atoms with Crippen LogP contribution in [0.4, 0.5) is 10.7 Å². The summed E-state index contributed by atoms with van der Waals surface area (Å²) in [7, 11) is 0. The van der Waals surface area contributed by atoms with Crippen molar-refractivity contribution in [3.05, 3.63) is 11.9 Å². The van der Waals surface area contributed by atoms with E-state index in [1.165, 1.54) is 0 Å². The number of H-pyrrole nitrogens is 1. The van der Waals surface area contributed by atoms with E-state index in [0.29, 0.717) is 25.7 Å². The van der Waals surface area contributed by atoms with E-state index in [1.54, 1.807) is 11.1 Å². The zero-order chi connectivity index (χ0) is 14.0. The molecule has 0 bridgehead atoms. The summed E-state index contributed by atoms with van der Waals surface area (Å²) < 4.78 is 10.8. The zero-order valence-corrected chi connectivity index (χ0v) is 11.5. The molecule has 1 saturated heterocycles. The van der Waals surface area contributed by atoms with Crippen LogP contribution < -0.4 is 5.73 Å². The van der Waals surface area contributed by atoms with Crippen molar-refractivity contribution in [3.63, 3.8) is 0 Å². The summed E-state index contributed by atoms with van der Waals surface area (Å²) in [5, 5.41) is 0. The lowest BCUT2D eigenvalue weighted by Crippen LogP contribution is -2.45. The Hall–Kier alpha value is -1.76. The van der Waals surface area contributed by atoms with Gasteiger partial charge >= 0.3 is 6.09 Å². The van der Waals surface area contributed by atoms with Crippen LogP contribution >= 0.6 is 0 Å². The van der Waals surface area contributed by atoms with Crippen LogP contribution in [0.5, 0.6) is 0 Å². The quantitative estimate of drug-likeness (QED) is 0.800. The van der Waals surface area contributed by atoms with E-state index in [0.717, 1.165) is 5.69 Å². The molecular formula is C12H20N4O3. The Labute approximate surface area is 112 Å². The smallest absolute Gasteiger partial charge is 0.411 e. The highest BCUT2D eigenvalue weighted by Crippen LogP contribution is 2.25. The summed E-state index contributed by atoms with van der Waals surface area (Å²) >= 11 is 0. The van der Waals surface area contributed by atoms with E-state index in [1.807, 2.05) is 20.8 Å². The number of aromatic amines is 1. The molecular weight excluding hydrogens is 248 g/mol. The van der Waals surface area contributed by atoms with Gasteiger partial charge in [-0.15, -0.1) is 0 Å². The molecule has 0 aliphatic carbocycles. The number of amides is 1. The van der Waals surface area contributed by atoms with Gasteiger partial charge in [0.1, 0.15) is 11.6 Å². The minimum absolute atomic E-state index is 0.242. The number of hydrogen-bond acceptors (Lipinski definition) is 5. The maximum Gasteiger partial charge on any atom is 0.411 e. The summed E-state index contributed by atoms with van der Waals surface area (Å²) in [5.74, 6) is 0.324. The number of imidazole rings is 1. The number of hydrogen-bond donors (Lipinski definition) is 2. The summed E-state index contributed by atoms with van der Waals surface area (Å²) in [6, 6.07) is -0.242. The second-order valence-electron chi connectivity index (χ2n) is 5.49.